The number of aliphatic hydroxyl groups is 1. The summed E-state index contributed by atoms with van der Waals surface area (Å²) in [6, 6.07) is 0. The van der Waals surface area contributed by atoms with E-state index in [4.69, 9.17) is 4.74 Å². The number of hydrogen-bond acceptors (Lipinski definition) is 5. The van der Waals surface area contributed by atoms with E-state index in [0.717, 1.165) is 0 Å². The minimum absolute atomic E-state index is 0.000690. The monoisotopic (exact) mass is 282 g/mol. The molecule has 3 atom stereocenters. The number of H-pyrrole nitrogens is 1. The highest BCUT2D eigenvalue weighted by atomic mass is 16.5. The quantitative estimate of drug-likeness (QED) is 0.791. The number of carbonyl (C=O) groups is 1. The molecule has 0 aliphatic carbocycles. The second-order valence-corrected chi connectivity index (χ2v) is 4.95. The number of aromatic nitrogens is 2. The smallest absolute Gasteiger partial charge is 0.330 e. The van der Waals surface area contributed by atoms with Gasteiger partial charge in [0.05, 0.1) is 18.6 Å². The highest BCUT2D eigenvalue weighted by Gasteiger charge is 2.39. The van der Waals surface area contributed by atoms with Crippen molar-refractivity contribution >= 4 is 5.78 Å². The maximum atomic E-state index is 11.8. The molecule has 0 amide bonds. The summed E-state index contributed by atoms with van der Waals surface area (Å²) in [4.78, 5) is 37.2. The summed E-state index contributed by atoms with van der Waals surface area (Å²) in [5.41, 5.74) is -0.630. The van der Waals surface area contributed by atoms with Gasteiger partial charge in [0.15, 0.2) is 0 Å². The Labute approximate surface area is 115 Å². The van der Waals surface area contributed by atoms with Crippen LogP contribution in [-0.2, 0) is 9.53 Å². The third kappa shape index (κ3) is 2.59. The fourth-order valence-electron chi connectivity index (χ4n) is 2.47. The average Bonchev–Trinajstić information content (AvgIpc) is 2.85. The van der Waals surface area contributed by atoms with Crippen LogP contribution in [0.1, 0.15) is 31.6 Å². The van der Waals surface area contributed by atoms with Crippen molar-refractivity contribution in [2.24, 2.45) is 5.92 Å². The number of rotatable bonds is 4. The van der Waals surface area contributed by atoms with Crippen molar-refractivity contribution in [1.82, 2.24) is 9.55 Å². The highest BCUT2D eigenvalue weighted by Crippen LogP contribution is 2.33. The molecule has 1 unspecified atom stereocenters. The number of aliphatic hydroxyl groups excluding tert-OH is 1. The van der Waals surface area contributed by atoms with E-state index in [1.807, 2.05) is 0 Å². The molecule has 1 aliphatic heterocycles. The molecule has 7 heteroatoms. The van der Waals surface area contributed by atoms with E-state index in [-0.39, 0.29) is 12.4 Å². The standard InChI is InChI=1S/C13H18N2O5/c1-3-9(17)8-4-11(20-10(8)6-16)15-5-7(2)12(18)14-13(15)19/h5,8,10-11,16H,3-4,6H2,1-2H3,(H,14,18,19)/t8?,10-,11-/m1/s1. The molecule has 0 spiro atoms. The van der Waals surface area contributed by atoms with Gasteiger partial charge >= 0.3 is 5.69 Å². The molecule has 0 aromatic carbocycles. The van der Waals surface area contributed by atoms with Crippen LogP contribution in [0, 0.1) is 12.8 Å². The zero-order valence-electron chi connectivity index (χ0n) is 11.5. The van der Waals surface area contributed by atoms with Crippen LogP contribution in [0.15, 0.2) is 15.8 Å². The first-order chi connectivity index (χ1) is 9.47. The second kappa shape index (κ2) is 5.72. The van der Waals surface area contributed by atoms with Crippen LogP contribution in [0.2, 0.25) is 0 Å². The van der Waals surface area contributed by atoms with Gasteiger partial charge in [0, 0.05) is 24.6 Å². The van der Waals surface area contributed by atoms with Crippen LogP contribution in [0.5, 0.6) is 0 Å². The number of carbonyl (C=O) groups excluding carboxylic acids is 1. The number of aromatic amines is 1. The van der Waals surface area contributed by atoms with Gasteiger partial charge in [0.1, 0.15) is 12.0 Å². The molecule has 0 radical (unpaired) electrons. The van der Waals surface area contributed by atoms with E-state index in [0.29, 0.717) is 18.4 Å². The minimum Gasteiger partial charge on any atom is -0.394 e. The van der Waals surface area contributed by atoms with Crippen molar-refractivity contribution in [3.63, 3.8) is 0 Å². The number of Topliss-reactive ketones (excluding diaryl/α,β-unsaturated/α-hetero) is 1. The first kappa shape index (κ1) is 14.7. The Morgan fingerprint density at radius 2 is 2.25 bits per heavy atom. The summed E-state index contributed by atoms with van der Waals surface area (Å²) in [6.45, 7) is 3.06. The predicted octanol–water partition coefficient (Wildman–Crippen LogP) is -0.280. The zero-order valence-corrected chi connectivity index (χ0v) is 11.5. The summed E-state index contributed by atoms with van der Waals surface area (Å²) >= 11 is 0. The molecule has 1 aromatic heterocycles. The molecule has 1 aliphatic rings. The normalized spacial score (nSPS) is 25.9. The van der Waals surface area contributed by atoms with E-state index in [2.05, 4.69) is 4.98 Å². The molecule has 2 N–H and O–H groups in total. The van der Waals surface area contributed by atoms with Crippen LogP contribution in [0.25, 0.3) is 0 Å². The minimum atomic E-state index is -0.643. The maximum Gasteiger partial charge on any atom is 0.330 e. The average molecular weight is 282 g/mol. The zero-order chi connectivity index (χ0) is 14.9. The van der Waals surface area contributed by atoms with Crippen LogP contribution < -0.4 is 11.2 Å². The molecule has 110 valence electrons. The van der Waals surface area contributed by atoms with Crippen molar-refractivity contribution in [3.8, 4) is 0 Å². The predicted molar refractivity (Wildman–Crippen MR) is 70.5 cm³/mol. The Morgan fingerprint density at radius 3 is 2.85 bits per heavy atom. The van der Waals surface area contributed by atoms with Crippen LogP contribution in [0.3, 0.4) is 0 Å². The number of nitrogens with one attached hydrogen (secondary N) is 1. The Morgan fingerprint density at radius 1 is 1.55 bits per heavy atom. The fraction of sp³-hybridized carbons (Fsp3) is 0.615. The lowest BCUT2D eigenvalue weighted by atomic mass is 9.94. The molecular formula is C13H18N2O5. The summed E-state index contributed by atoms with van der Waals surface area (Å²) in [6.07, 6.45) is 0.848. The summed E-state index contributed by atoms with van der Waals surface area (Å²) in [5, 5.41) is 9.29. The van der Waals surface area contributed by atoms with E-state index >= 15 is 0 Å². The lowest BCUT2D eigenvalue weighted by Crippen LogP contribution is -2.33. The third-order valence-electron chi connectivity index (χ3n) is 3.63. The lowest BCUT2D eigenvalue weighted by Gasteiger charge is -2.15. The van der Waals surface area contributed by atoms with Gasteiger partial charge in [-0.05, 0) is 6.92 Å². The molecule has 1 aromatic rings. The first-order valence-electron chi connectivity index (χ1n) is 6.59. The van der Waals surface area contributed by atoms with E-state index in [1.54, 1.807) is 13.8 Å². The number of nitrogens with zero attached hydrogens (tertiary/aromatic N) is 1. The van der Waals surface area contributed by atoms with Crippen molar-refractivity contribution in [1.29, 1.82) is 0 Å². The Kier molecular flexibility index (Phi) is 4.20. The molecule has 2 heterocycles. The van der Waals surface area contributed by atoms with Gasteiger partial charge in [-0.3, -0.25) is 19.1 Å². The Bertz CT molecular complexity index is 618. The maximum absolute atomic E-state index is 11.8. The second-order valence-electron chi connectivity index (χ2n) is 4.95. The van der Waals surface area contributed by atoms with Gasteiger partial charge < -0.3 is 9.84 Å². The van der Waals surface area contributed by atoms with Crippen LogP contribution in [0.4, 0.5) is 0 Å². The molecule has 0 saturated carbocycles. The van der Waals surface area contributed by atoms with Crippen molar-refractivity contribution < 1.29 is 14.6 Å². The van der Waals surface area contributed by atoms with Crippen molar-refractivity contribution in [2.45, 2.75) is 39.0 Å². The number of aryl methyl sites for hydroxylation is 1. The summed E-state index contributed by atoms with van der Waals surface area (Å²) in [7, 11) is 0. The SMILES string of the molecule is CCC(=O)C1C[C@H](n2cc(C)c(=O)[nH]c2=O)O[C@@H]1CO. The molecule has 0 bridgehead atoms. The van der Waals surface area contributed by atoms with Crippen molar-refractivity contribution in [2.75, 3.05) is 6.61 Å². The molecular weight excluding hydrogens is 264 g/mol. The molecule has 1 fully saturated rings. The fourth-order valence-corrected chi connectivity index (χ4v) is 2.47. The molecule has 20 heavy (non-hydrogen) atoms. The van der Waals surface area contributed by atoms with Gasteiger partial charge in [-0.2, -0.15) is 0 Å². The molecule has 2 rings (SSSR count). The van der Waals surface area contributed by atoms with Crippen LogP contribution in [-0.4, -0.2) is 33.2 Å². The Hall–Kier alpha value is -1.73. The first-order valence-corrected chi connectivity index (χ1v) is 6.59. The lowest BCUT2D eigenvalue weighted by molar-refractivity contribution is -0.125. The van der Waals surface area contributed by atoms with Gasteiger partial charge in [0.25, 0.3) is 5.56 Å². The van der Waals surface area contributed by atoms with Gasteiger partial charge in [-0.15, -0.1) is 0 Å². The summed E-state index contributed by atoms with van der Waals surface area (Å²) < 4.78 is 6.84. The van der Waals surface area contributed by atoms with E-state index in [1.165, 1.54) is 10.8 Å². The van der Waals surface area contributed by atoms with Crippen LogP contribution >= 0.6 is 0 Å². The number of ether oxygens (including phenoxy) is 1. The van der Waals surface area contributed by atoms with E-state index < -0.39 is 29.5 Å². The summed E-state index contributed by atoms with van der Waals surface area (Å²) in [5.74, 6) is -0.421. The highest BCUT2D eigenvalue weighted by molar-refractivity contribution is 5.81. The third-order valence-corrected chi connectivity index (χ3v) is 3.63. The number of ketones is 1. The van der Waals surface area contributed by atoms with Crippen molar-refractivity contribution in [3.05, 3.63) is 32.6 Å². The van der Waals surface area contributed by atoms with Gasteiger partial charge in [0.2, 0.25) is 0 Å². The van der Waals surface area contributed by atoms with E-state index in [9.17, 15) is 19.5 Å². The Balaban J connectivity index is 2.32. The molecule has 1 saturated heterocycles. The number of hydrogen-bond donors (Lipinski definition) is 2. The largest absolute Gasteiger partial charge is 0.394 e. The van der Waals surface area contributed by atoms with Gasteiger partial charge in [-0.1, -0.05) is 6.92 Å². The topological polar surface area (TPSA) is 101 Å². The van der Waals surface area contributed by atoms with Gasteiger partial charge in [-0.25, -0.2) is 4.79 Å². The molecule has 7 nitrogen and oxygen atoms in total.